The molecule has 0 aliphatic rings. The van der Waals surface area contributed by atoms with E-state index in [0.717, 1.165) is 0 Å². The summed E-state index contributed by atoms with van der Waals surface area (Å²) in [5.74, 6) is -4.32. The van der Waals surface area contributed by atoms with Crippen molar-refractivity contribution in [3.05, 3.63) is 66.3 Å². The topological polar surface area (TPSA) is 153 Å². The summed E-state index contributed by atoms with van der Waals surface area (Å²) in [7, 11) is 0. The van der Waals surface area contributed by atoms with Crippen LogP contribution in [0.15, 0.2) is 60.7 Å². The molecular formula is C24H29NO8. The Hall–Kier alpha value is -3.56. The lowest BCUT2D eigenvalue weighted by Gasteiger charge is -2.45. The van der Waals surface area contributed by atoms with E-state index in [-0.39, 0.29) is 28.0 Å². The SMILES string of the molecule is C=C(C)C(=O)OC(C(=O)C(=C)C)(C(=O)C(=C)C)C(CO)(CO)COC(=O)c1ccccc1N. The molecule has 0 amide bonds. The number of carbonyl (C=O) groups is 4. The maximum Gasteiger partial charge on any atom is 0.340 e. The first kappa shape index (κ1) is 27.5. The molecule has 178 valence electrons. The Morgan fingerprint density at radius 1 is 0.909 bits per heavy atom. The van der Waals surface area contributed by atoms with Crippen LogP contribution in [0.2, 0.25) is 0 Å². The number of carbonyl (C=O) groups excluding carboxylic acids is 4. The Balaban J connectivity index is 3.73. The van der Waals surface area contributed by atoms with Crippen molar-refractivity contribution >= 4 is 29.2 Å². The molecule has 0 heterocycles. The first-order valence-electron chi connectivity index (χ1n) is 9.84. The number of ketones is 2. The van der Waals surface area contributed by atoms with Gasteiger partial charge >= 0.3 is 11.9 Å². The Morgan fingerprint density at radius 3 is 1.79 bits per heavy atom. The van der Waals surface area contributed by atoms with Crippen molar-refractivity contribution < 1.29 is 38.9 Å². The van der Waals surface area contributed by atoms with E-state index in [1.807, 2.05) is 0 Å². The number of nitrogens with two attached hydrogens (primary N) is 1. The van der Waals surface area contributed by atoms with Crippen LogP contribution in [0.1, 0.15) is 31.1 Å². The highest BCUT2D eigenvalue weighted by Gasteiger charge is 2.65. The molecule has 0 spiro atoms. The van der Waals surface area contributed by atoms with E-state index < -0.39 is 54.3 Å². The van der Waals surface area contributed by atoms with Gasteiger partial charge in [0.05, 0.1) is 18.8 Å². The van der Waals surface area contributed by atoms with E-state index in [1.165, 1.54) is 39.0 Å². The number of aliphatic hydroxyl groups excluding tert-OH is 2. The van der Waals surface area contributed by atoms with E-state index in [4.69, 9.17) is 15.2 Å². The second-order valence-corrected chi connectivity index (χ2v) is 7.83. The smallest absolute Gasteiger partial charge is 0.340 e. The van der Waals surface area contributed by atoms with Crippen LogP contribution < -0.4 is 5.73 Å². The van der Waals surface area contributed by atoms with E-state index in [9.17, 15) is 29.4 Å². The number of ether oxygens (including phenoxy) is 2. The molecule has 9 nitrogen and oxygen atoms in total. The van der Waals surface area contributed by atoms with Crippen LogP contribution in [0.3, 0.4) is 0 Å². The molecule has 0 saturated heterocycles. The van der Waals surface area contributed by atoms with Gasteiger partial charge in [0.1, 0.15) is 12.0 Å². The standard InChI is InChI=1S/C24H29NO8/c1-14(2)19(28)24(20(29)15(3)4,33-21(30)16(5)6)23(11-26,12-27)13-32-22(31)17-9-7-8-10-18(17)25/h7-10,26-27H,1,3,5,11-13,25H2,2,4,6H3. The Morgan fingerprint density at radius 2 is 1.39 bits per heavy atom. The third-order valence-corrected chi connectivity index (χ3v) is 5.02. The van der Waals surface area contributed by atoms with Gasteiger partial charge in [0, 0.05) is 11.3 Å². The summed E-state index contributed by atoms with van der Waals surface area (Å²) in [6, 6.07) is 5.96. The van der Waals surface area contributed by atoms with Gasteiger partial charge in [0.25, 0.3) is 0 Å². The molecule has 33 heavy (non-hydrogen) atoms. The maximum atomic E-state index is 13.4. The number of para-hydroxylation sites is 1. The summed E-state index contributed by atoms with van der Waals surface area (Å²) < 4.78 is 10.6. The number of hydrogen-bond donors (Lipinski definition) is 3. The fraction of sp³-hybridized carbons (Fsp3) is 0.333. The number of hydrogen-bond acceptors (Lipinski definition) is 9. The molecule has 0 aromatic heterocycles. The summed E-state index contributed by atoms with van der Waals surface area (Å²) >= 11 is 0. The number of nitrogen functional groups attached to an aromatic ring is 1. The zero-order chi connectivity index (χ0) is 25.6. The van der Waals surface area contributed by atoms with Gasteiger partial charge < -0.3 is 25.4 Å². The van der Waals surface area contributed by atoms with Crippen LogP contribution in [-0.2, 0) is 23.9 Å². The molecular weight excluding hydrogens is 430 g/mol. The number of benzene rings is 1. The molecule has 0 fully saturated rings. The van der Waals surface area contributed by atoms with Crippen molar-refractivity contribution in [2.45, 2.75) is 26.4 Å². The lowest BCUT2D eigenvalue weighted by molar-refractivity contribution is -0.196. The predicted molar refractivity (Wildman–Crippen MR) is 121 cm³/mol. The molecule has 0 aliphatic heterocycles. The highest BCUT2D eigenvalue weighted by Crippen LogP contribution is 2.41. The monoisotopic (exact) mass is 459 g/mol. The molecule has 9 heteroatoms. The molecule has 0 bridgehead atoms. The number of esters is 2. The number of anilines is 1. The third-order valence-electron chi connectivity index (χ3n) is 5.02. The van der Waals surface area contributed by atoms with E-state index >= 15 is 0 Å². The molecule has 1 rings (SSSR count). The van der Waals surface area contributed by atoms with E-state index in [1.54, 1.807) is 6.07 Å². The molecule has 0 radical (unpaired) electrons. The normalized spacial score (nSPS) is 11.3. The molecule has 0 saturated carbocycles. The molecule has 4 N–H and O–H groups in total. The van der Waals surface area contributed by atoms with Crippen molar-refractivity contribution in [2.75, 3.05) is 25.6 Å². The summed E-state index contributed by atoms with van der Waals surface area (Å²) in [5.41, 5.74) is 0.103. The van der Waals surface area contributed by atoms with Crippen molar-refractivity contribution in [1.29, 1.82) is 0 Å². The minimum absolute atomic E-state index is 0.0238. The lowest BCUT2D eigenvalue weighted by Crippen LogP contribution is -2.67. The average molecular weight is 459 g/mol. The van der Waals surface area contributed by atoms with E-state index in [2.05, 4.69) is 19.7 Å². The average Bonchev–Trinajstić information content (AvgIpc) is 2.77. The van der Waals surface area contributed by atoms with Gasteiger partial charge in [-0.15, -0.1) is 0 Å². The van der Waals surface area contributed by atoms with Crippen molar-refractivity contribution in [1.82, 2.24) is 0 Å². The van der Waals surface area contributed by atoms with Crippen LogP contribution in [-0.4, -0.2) is 59.1 Å². The summed E-state index contributed by atoms with van der Waals surface area (Å²) in [6.45, 7) is 11.2. The van der Waals surface area contributed by atoms with Crippen molar-refractivity contribution in [3.63, 3.8) is 0 Å². The summed E-state index contributed by atoms with van der Waals surface area (Å²) in [4.78, 5) is 51.8. The van der Waals surface area contributed by atoms with Gasteiger partial charge in [0.2, 0.25) is 17.2 Å². The Bertz CT molecular complexity index is 977. The van der Waals surface area contributed by atoms with Crippen molar-refractivity contribution in [3.8, 4) is 0 Å². The third kappa shape index (κ3) is 5.27. The second kappa shape index (κ2) is 10.8. The zero-order valence-corrected chi connectivity index (χ0v) is 19.0. The minimum Gasteiger partial charge on any atom is -0.461 e. The van der Waals surface area contributed by atoms with Gasteiger partial charge in [0.15, 0.2) is 0 Å². The quantitative estimate of drug-likeness (QED) is 0.183. The largest absolute Gasteiger partial charge is 0.461 e. The first-order chi connectivity index (χ1) is 15.3. The lowest BCUT2D eigenvalue weighted by atomic mass is 9.65. The highest BCUT2D eigenvalue weighted by molar-refractivity contribution is 6.23. The first-order valence-corrected chi connectivity index (χ1v) is 9.84. The summed E-state index contributed by atoms with van der Waals surface area (Å²) in [6.07, 6.45) is 0. The van der Waals surface area contributed by atoms with Gasteiger partial charge in [-0.1, -0.05) is 31.9 Å². The van der Waals surface area contributed by atoms with Crippen LogP contribution in [0.25, 0.3) is 0 Å². The van der Waals surface area contributed by atoms with Crippen LogP contribution >= 0.6 is 0 Å². The van der Waals surface area contributed by atoms with Crippen LogP contribution in [0, 0.1) is 5.41 Å². The second-order valence-electron chi connectivity index (χ2n) is 7.83. The van der Waals surface area contributed by atoms with E-state index in [0.29, 0.717) is 0 Å². The molecule has 0 unspecified atom stereocenters. The fourth-order valence-corrected chi connectivity index (χ4v) is 3.04. The minimum atomic E-state index is -2.84. The van der Waals surface area contributed by atoms with Gasteiger partial charge in [-0.05, 0) is 44.1 Å². The Labute approximate surface area is 192 Å². The molecule has 1 aromatic rings. The summed E-state index contributed by atoms with van der Waals surface area (Å²) in [5, 5.41) is 20.6. The zero-order valence-electron chi connectivity index (χ0n) is 19.0. The fourth-order valence-electron chi connectivity index (χ4n) is 3.04. The van der Waals surface area contributed by atoms with Gasteiger partial charge in [-0.3, -0.25) is 9.59 Å². The van der Waals surface area contributed by atoms with Gasteiger partial charge in [-0.25, -0.2) is 9.59 Å². The molecule has 0 aliphatic carbocycles. The molecule has 0 atom stereocenters. The van der Waals surface area contributed by atoms with Crippen molar-refractivity contribution in [2.24, 2.45) is 5.41 Å². The van der Waals surface area contributed by atoms with Crippen LogP contribution in [0.5, 0.6) is 0 Å². The number of Topliss-reactive ketones (excluding diaryl/α,β-unsaturated/α-hetero) is 2. The predicted octanol–water partition coefficient (Wildman–Crippen LogP) is 1.55. The highest BCUT2D eigenvalue weighted by atomic mass is 16.6. The number of rotatable bonds is 12. The van der Waals surface area contributed by atoms with Crippen LogP contribution in [0.4, 0.5) is 5.69 Å². The maximum absolute atomic E-state index is 13.4. The molecule has 1 aromatic carbocycles. The Kier molecular flexibility index (Phi) is 9.03. The van der Waals surface area contributed by atoms with Gasteiger partial charge in [-0.2, -0.15) is 0 Å². The number of aliphatic hydroxyl groups is 2.